The third-order valence-electron chi connectivity index (χ3n) is 2.66. The molecule has 0 aromatic rings. The minimum Gasteiger partial charge on any atom is -0.315 e. The fraction of sp³-hybridized carbons (Fsp3) is 1.00. The molecule has 1 rings (SSSR count). The van der Waals surface area contributed by atoms with Crippen molar-refractivity contribution in [3.8, 4) is 0 Å². The molecule has 1 heterocycles. The average Bonchev–Trinajstić information content (AvgIpc) is 2.21. The molecule has 1 saturated heterocycles. The van der Waals surface area contributed by atoms with Gasteiger partial charge in [-0.25, -0.2) is 0 Å². The molecule has 0 radical (unpaired) electrons. The van der Waals surface area contributed by atoms with Crippen molar-refractivity contribution >= 4 is 11.8 Å². The summed E-state index contributed by atoms with van der Waals surface area (Å²) in [5.74, 6) is 2.64. The molecule has 78 valence electrons. The first-order chi connectivity index (χ1) is 6.38. The van der Waals surface area contributed by atoms with Crippen LogP contribution in [0.25, 0.3) is 0 Å². The second kappa shape index (κ2) is 6.68. The SMILES string of the molecule is CCNCC(CC)N1CCSCC1. The van der Waals surface area contributed by atoms with Gasteiger partial charge in [-0.15, -0.1) is 0 Å². The van der Waals surface area contributed by atoms with E-state index in [9.17, 15) is 0 Å². The normalized spacial score (nSPS) is 21.7. The Bertz CT molecular complexity index is 124. The summed E-state index contributed by atoms with van der Waals surface area (Å²) >= 11 is 2.09. The topological polar surface area (TPSA) is 15.3 Å². The van der Waals surface area contributed by atoms with Crippen LogP contribution in [0, 0.1) is 0 Å². The van der Waals surface area contributed by atoms with Crippen LogP contribution in [0.2, 0.25) is 0 Å². The minimum absolute atomic E-state index is 0.765. The van der Waals surface area contributed by atoms with Crippen LogP contribution in [0.1, 0.15) is 20.3 Å². The third kappa shape index (κ3) is 3.88. The van der Waals surface area contributed by atoms with E-state index < -0.39 is 0 Å². The Kier molecular flexibility index (Phi) is 5.83. The summed E-state index contributed by atoms with van der Waals surface area (Å²) in [4.78, 5) is 2.64. The smallest absolute Gasteiger partial charge is 0.0218 e. The third-order valence-corrected chi connectivity index (χ3v) is 3.61. The summed E-state index contributed by atoms with van der Waals surface area (Å²) in [5, 5.41) is 3.45. The van der Waals surface area contributed by atoms with E-state index in [1.54, 1.807) is 0 Å². The molecule has 0 aromatic heterocycles. The molecule has 0 saturated carbocycles. The van der Waals surface area contributed by atoms with Crippen LogP contribution in [0.3, 0.4) is 0 Å². The van der Waals surface area contributed by atoms with Crippen molar-refractivity contribution in [2.24, 2.45) is 0 Å². The second-order valence-corrected chi connectivity index (χ2v) is 4.74. The zero-order valence-electron chi connectivity index (χ0n) is 8.88. The van der Waals surface area contributed by atoms with Crippen LogP contribution in [-0.2, 0) is 0 Å². The highest BCUT2D eigenvalue weighted by molar-refractivity contribution is 7.99. The van der Waals surface area contributed by atoms with E-state index >= 15 is 0 Å². The molecular formula is C10H22N2S. The summed E-state index contributed by atoms with van der Waals surface area (Å²) in [6.45, 7) is 9.31. The van der Waals surface area contributed by atoms with Gasteiger partial charge in [-0.05, 0) is 13.0 Å². The lowest BCUT2D eigenvalue weighted by atomic mass is 10.2. The molecule has 1 fully saturated rings. The van der Waals surface area contributed by atoms with Crippen molar-refractivity contribution in [1.29, 1.82) is 0 Å². The quantitative estimate of drug-likeness (QED) is 0.726. The van der Waals surface area contributed by atoms with Crippen molar-refractivity contribution < 1.29 is 0 Å². The molecule has 1 aliphatic heterocycles. The van der Waals surface area contributed by atoms with Gasteiger partial charge < -0.3 is 5.32 Å². The number of likely N-dealkylation sites (N-methyl/N-ethyl adjacent to an activating group) is 1. The first kappa shape index (κ1) is 11.3. The van der Waals surface area contributed by atoms with Gasteiger partial charge in [-0.1, -0.05) is 13.8 Å². The molecule has 13 heavy (non-hydrogen) atoms. The van der Waals surface area contributed by atoms with Gasteiger partial charge in [-0.3, -0.25) is 4.90 Å². The first-order valence-electron chi connectivity index (χ1n) is 5.41. The summed E-state index contributed by atoms with van der Waals surface area (Å²) in [7, 11) is 0. The maximum absolute atomic E-state index is 3.45. The predicted molar refractivity (Wildman–Crippen MR) is 61.5 cm³/mol. The van der Waals surface area contributed by atoms with E-state index in [1.807, 2.05) is 0 Å². The molecule has 1 unspecified atom stereocenters. The molecule has 0 amide bonds. The summed E-state index contributed by atoms with van der Waals surface area (Å²) in [5.41, 5.74) is 0. The van der Waals surface area contributed by atoms with Gasteiger partial charge in [0, 0.05) is 37.2 Å². The van der Waals surface area contributed by atoms with E-state index in [0.29, 0.717) is 0 Å². The van der Waals surface area contributed by atoms with Crippen LogP contribution in [-0.4, -0.2) is 48.6 Å². The van der Waals surface area contributed by atoms with Gasteiger partial charge in [0.05, 0.1) is 0 Å². The minimum atomic E-state index is 0.765. The van der Waals surface area contributed by atoms with Crippen molar-refractivity contribution in [3.63, 3.8) is 0 Å². The van der Waals surface area contributed by atoms with Crippen LogP contribution >= 0.6 is 11.8 Å². The molecule has 0 aliphatic carbocycles. The maximum atomic E-state index is 3.45. The van der Waals surface area contributed by atoms with E-state index in [-0.39, 0.29) is 0 Å². The number of thioether (sulfide) groups is 1. The zero-order chi connectivity index (χ0) is 9.52. The number of hydrogen-bond acceptors (Lipinski definition) is 3. The standard InChI is InChI=1S/C10H22N2S/c1-3-10(9-11-4-2)12-5-7-13-8-6-12/h10-11H,3-9H2,1-2H3. The number of nitrogens with one attached hydrogen (secondary N) is 1. The Morgan fingerprint density at radius 2 is 2.00 bits per heavy atom. The Hall–Kier alpha value is 0.270. The lowest BCUT2D eigenvalue weighted by Crippen LogP contribution is -2.45. The predicted octanol–water partition coefficient (Wildman–Crippen LogP) is 1.42. The van der Waals surface area contributed by atoms with Crippen LogP contribution < -0.4 is 5.32 Å². The molecule has 1 aliphatic rings. The van der Waals surface area contributed by atoms with E-state index in [4.69, 9.17) is 0 Å². The van der Waals surface area contributed by atoms with Crippen molar-refractivity contribution in [2.45, 2.75) is 26.3 Å². The lowest BCUT2D eigenvalue weighted by molar-refractivity contribution is 0.206. The van der Waals surface area contributed by atoms with E-state index in [1.165, 1.54) is 31.0 Å². The van der Waals surface area contributed by atoms with E-state index in [2.05, 4.69) is 35.8 Å². The fourth-order valence-electron chi connectivity index (χ4n) is 1.79. The van der Waals surface area contributed by atoms with Crippen molar-refractivity contribution in [2.75, 3.05) is 37.7 Å². The fourth-order valence-corrected chi connectivity index (χ4v) is 2.72. The van der Waals surface area contributed by atoms with Crippen LogP contribution in [0.15, 0.2) is 0 Å². The lowest BCUT2D eigenvalue weighted by Gasteiger charge is -2.33. The van der Waals surface area contributed by atoms with Gasteiger partial charge in [0.25, 0.3) is 0 Å². The monoisotopic (exact) mass is 202 g/mol. The molecule has 0 spiro atoms. The van der Waals surface area contributed by atoms with Crippen molar-refractivity contribution in [1.82, 2.24) is 10.2 Å². The first-order valence-corrected chi connectivity index (χ1v) is 6.56. The Labute approximate surface area is 86.5 Å². The Morgan fingerprint density at radius 3 is 2.54 bits per heavy atom. The molecular weight excluding hydrogens is 180 g/mol. The van der Waals surface area contributed by atoms with Gasteiger partial charge >= 0.3 is 0 Å². The molecule has 0 bridgehead atoms. The zero-order valence-corrected chi connectivity index (χ0v) is 9.70. The number of nitrogens with zero attached hydrogens (tertiary/aromatic N) is 1. The molecule has 2 nitrogen and oxygen atoms in total. The number of rotatable bonds is 5. The Balaban J connectivity index is 2.26. The van der Waals surface area contributed by atoms with Crippen LogP contribution in [0.4, 0.5) is 0 Å². The largest absolute Gasteiger partial charge is 0.315 e. The van der Waals surface area contributed by atoms with Gasteiger partial charge in [0.15, 0.2) is 0 Å². The molecule has 1 atom stereocenters. The van der Waals surface area contributed by atoms with Gasteiger partial charge in [0.2, 0.25) is 0 Å². The van der Waals surface area contributed by atoms with Crippen molar-refractivity contribution in [3.05, 3.63) is 0 Å². The van der Waals surface area contributed by atoms with Gasteiger partial charge in [-0.2, -0.15) is 11.8 Å². The van der Waals surface area contributed by atoms with Gasteiger partial charge in [0.1, 0.15) is 0 Å². The summed E-state index contributed by atoms with van der Waals surface area (Å²) < 4.78 is 0. The maximum Gasteiger partial charge on any atom is 0.0218 e. The summed E-state index contributed by atoms with van der Waals surface area (Å²) in [6.07, 6.45) is 1.28. The van der Waals surface area contributed by atoms with E-state index in [0.717, 1.165) is 19.1 Å². The highest BCUT2D eigenvalue weighted by Gasteiger charge is 2.18. The highest BCUT2D eigenvalue weighted by Crippen LogP contribution is 2.13. The average molecular weight is 202 g/mol. The highest BCUT2D eigenvalue weighted by atomic mass is 32.2. The molecule has 3 heteroatoms. The molecule has 0 aromatic carbocycles. The Morgan fingerprint density at radius 1 is 1.31 bits per heavy atom. The molecule has 1 N–H and O–H groups in total. The van der Waals surface area contributed by atoms with Crippen LogP contribution in [0.5, 0.6) is 0 Å². The second-order valence-electron chi connectivity index (χ2n) is 3.52. The summed E-state index contributed by atoms with van der Waals surface area (Å²) in [6, 6.07) is 0.765. The number of hydrogen-bond donors (Lipinski definition) is 1.